The number of alkyl halides is 2. The molecule has 0 aliphatic rings. The minimum atomic E-state index is -3.73. The van der Waals surface area contributed by atoms with Crippen LogP contribution < -0.4 is 0 Å². The molecule has 0 atom stereocenters. The van der Waals surface area contributed by atoms with Crippen LogP contribution in [0.15, 0.2) is 22.7 Å². The normalized spacial score (nSPS) is 10.4. The van der Waals surface area contributed by atoms with Crippen molar-refractivity contribution in [2.24, 2.45) is 0 Å². The fraction of sp³-hybridized carbons (Fsp3) is 0.417. The van der Waals surface area contributed by atoms with Gasteiger partial charge in [0.05, 0.1) is 17.2 Å². The second kappa shape index (κ2) is 7.69. The van der Waals surface area contributed by atoms with Gasteiger partial charge >= 0.3 is 11.9 Å². The molecule has 0 aliphatic heterocycles. The monoisotopic (exact) mass is 342 g/mol. The Labute approximate surface area is 118 Å². The lowest BCUT2D eigenvalue weighted by molar-refractivity contribution is -0.173. The van der Waals surface area contributed by atoms with Gasteiger partial charge in [0.1, 0.15) is 0 Å². The highest BCUT2D eigenvalue weighted by Gasteiger charge is 2.44. The van der Waals surface area contributed by atoms with Gasteiger partial charge in [0.25, 0.3) is 0 Å². The molecule has 0 aromatic heterocycles. The number of benzene rings is 1. The lowest BCUT2D eigenvalue weighted by atomic mass is 10.1. The third kappa shape index (κ3) is 4.21. The number of halogens is 4. The van der Waals surface area contributed by atoms with Crippen LogP contribution in [0.25, 0.3) is 0 Å². The quantitative estimate of drug-likeness (QED) is 0.738. The summed E-state index contributed by atoms with van der Waals surface area (Å²) >= 11 is 8.73. The largest absolute Gasteiger partial charge is 0.461 e. The molecule has 1 aromatic rings. The number of carbonyl (C=O) groups is 1. The second-order valence-electron chi connectivity index (χ2n) is 2.92. The van der Waals surface area contributed by atoms with Crippen molar-refractivity contribution in [2.75, 3.05) is 6.61 Å². The molecule has 1 rings (SSSR count). The van der Waals surface area contributed by atoms with Crippen LogP contribution in [0, 0.1) is 0 Å². The van der Waals surface area contributed by atoms with Gasteiger partial charge in [-0.1, -0.05) is 41.4 Å². The molecule has 6 heteroatoms. The van der Waals surface area contributed by atoms with Gasteiger partial charge in [-0.25, -0.2) is 4.79 Å². The van der Waals surface area contributed by atoms with E-state index < -0.39 is 17.5 Å². The summed E-state index contributed by atoms with van der Waals surface area (Å²) in [5.41, 5.74) is -0.559. The number of esters is 1. The topological polar surface area (TPSA) is 26.3 Å². The Balaban J connectivity index is 0.00000137. The molecule has 0 saturated heterocycles. The Bertz CT molecular complexity index is 411. The smallest absolute Gasteiger partial charge is 0.382 e. The number of hydrogen-bond acceptors (Lipinski definition) is 2. The SMILES string of the molecule is CC.CCOC(=O)C(F)(F)c1ccc(Br)cc1Cl. The Hall–Kier alpha value is -0.680. The van der Waals surface area contributed by atoms with Gasteiger partial charge in [-0.3, -0.25) is 0 Å². The first-order chi connectivity index (χ1) is 8.39. The van der Waals surface area contributed by atoms with Crippen LogP contribution in [-0.2, 0) is 15.5 Å². The number of rotatable bonds is 3. The highest BCUT2D eigenvalue weighted by Crippen LogP contribution is 2.35. The minimum Gasteiger partial charge on any atom is -0.461 e. The standard InChI is InChI=1S/C10H8BrClF2O2.C2H6/c1-2-16-9(15)10(13,14)7-4-3-6(11)5-8(7)12;1-2/h3-5H,2H2,1H3;1-2H3. The average Bonchev–Trinajstić information content (AvgIpc) is 2.31. The fourth-order valence-corrected chi connectivity index (χ4v) is 1.87. The molecule has 0 saturated carbocycles. The minimum absolute atomic E-state index is 0.109. The van der Waals surface area contributed by atoms with E-state index in [4.69, 9.17) is 11.6 Å². The van der Waals surface area contributed by atoms with Crippen LogP contribution >= 0.6 is 27.5 Å². The Morgan fingerprint density at radius 1 is 1.44 bits per heavy atom. The van der Waals surface area contributed by atoms with Crippen LogP contribution in [0.1, 0.15) is 26.3 Å². The third-order valence-electron chi connectivity index (χ3n) is 1.80. The Morgan fingerprint density at radius 3 is 2.44 bits per heavy atom. The van der Waals surface area contributed by atoms with Gasteiger partial charge in [0, 0.05) is 4.47 Å². The molecule has 0 aliphatic carbocycles. The molecule has 0 spiro atoms. The molecule has 1 aromatic carbocycles. The van der Waals surface area contributed by atoms with E-state index in [1.165, 1.54) is 19.1 Å². The summed E-state index contributed by atoms with van der Waals surface area (Å²) in [6, 6.07) is 3.77. The summed E-state index contributed by atoms with van der Waals surface area (Å²) in [4.78, 5) is 11.1. The first-order valence-electron chi connectivity index (χ1n) is 5.40. The molecule has 2 nitrogen and oxygen atoms in total. The zero-order valence-corrected chi connectivity index (χ0v) is 12.6. The van der Waals surface area contributed by atoms with Crippen molar-refractivity contribution in [3.63, 3.8) is 0 Å². The molecule has 0 amide bonds. The van der Waals surface area contributed by atoms with Crippen molar-refractivity contribution in [1.29, 1.82) is 0 Å². The van der Waals surface area contributed by atoms with E-state index in [1.54, 1.807) is 0 Å². The maximum absolute atomic E-state index is 13.6. The number of carbonyl (C=O) groups excluding carboxylic acids is 1. The average molecular weight is 344 g/mol. The number of hydrogen-bond donors (Lipinski definition) is 0. The van der Waals surface area contributed by atoms with Crippen molar-refractivity contribution < 1.29 is 18.3 Å². The van der Waals surface area contributed by atoms with E-state index in [1.807, 2.05) is 13.8 Å². The molecule has 0 unspecified atom stereocenters. The van der Waals surface area contributed by atoms with Crippen molar-refractivity contribution in [1.82, 2.24) is 0 Å². The predicted octanol–water partition coefficient (Wildman–Crippen LogP) is 4.78. The summed E-state index contributed by atoms with van der Waals surface area (Å²) < 4.78 is 32.0. The van der Waals surface area contributed by atoms with Crippen LogP contribution in [0.4, 0.5) is 8.78 Å². The van der Waals surface area contributed by atoms with Crippen LogP contribution in [0.5, 0.6) is 0 Å². The van der Waals surface area contributed by atoms with Crippen LogP contribution in [-0.4, -0.2) is 12.6 Å². The maximum Gasteiger partial charge on any atom is 0.382 e. The van der Waals surface area contributed by atoms with Crippen molar-refractivity contribution in [3.8, 4) is 0 Å². The van der Waals surface area contributed by atoms with Crippen molar-refractivity contribution >= 4 is 33.5 Å². The summed E-state index contributed by atoms with van der Waals surface area (Å²) in [6.07, 6.45) is 0. The van der Waals surface area contributed by atoms with E-state index in [-0.39, 0.29) is 11.6 Å². The molecule has 18 heavy (non-hydrogen) atoms. The molecular formula is C12H14BrClF2O2. The predicted molar refractivity (Wildman–Crippen MR) is 71.0 cm³/mol. The maximum atomic E-state index is 13.6. The second-order valence-corrected chi connectivity index (χ2v) is 4.24. The molecule has 0 heterocycles. The van der Waals surface area contributed by atoms with Crippen LogP contribution in [0.3, 0.4) is 0 Å². The molecule has 0 bridgehead atoms. The number of ether oxygens (including phenoxy) is 1. The summed E-state index contributed by atoms with van der Waals surface area (Å²) in [6.45, 7) is 5.35. The zero-order chi connectivity index (χ0) is 14.3. The van der Waals surface area contributed by atoms with E-state index >= 15 is 0 Å². The Kier molecular flexibility index (Phi) is 7.40. The molecule has 0 N–H and O–H groups in total. The van der Waals surface area contributed by atoms with Crippen molar-refractivity contribution in [2.45, 2.75) is 26.7 Å². The van der Waals surface area contributed by atoms with Crippen molar-refractivity contribution in [3.05, 3.63) is 33.3 Å². The summed E-state index contributed by atoms with van der Waals surface area (Å²) in [5.74, 6) is -5.33. The first-order valence-corrected chi connectivity index (χ1v) is 6.57. The zero-order valence-electron chi connectivity index (χ0n) is 10.3. The van der Waals surface area contributed by atoms with Gasteiger partial charge in [-0.05, 0) is 25.1 Å². The van der Waals surface area contributed by atoms with Gasteiger partial charge in [-0.2, -0.15) is 8.78 Å². The van der Waals surface area contributed by atoms with E-state index in [2.05, 4.69) is 20.7 Å². The molecule has 0 fully saturated rings. The lowest BCUT2D eigenvalue weighted by Gasteiger charge is -2.16. The molecule has 102 valence electrons. The lowest BCUT2D eigenvalue weighted by Crippen LogP contribution is -2.28. The summed E-state index contributed by atoms with van der Waals surface area (Å²) in [5, 5.41) is -0.188. The molecular weight excluding hydrogens is 329 g/mol. The molecule has 0 radical (unpaired) electrons. The first kappa shape index (κ1) is 17.3. The highest BCUT2D eigenvalue weighted by atomic mass is 79.9. The van der Waals surface area contributed by atoms with Gasteiger partial charge in [-0.15, -0.1) is 0 Å². The van der Waals surface area contributed by atoms with E-state index in [0.717, 1.165) is 6.07 Å². The fourth-order valence-electron chi connectivity index (χ4n) is 1.08. The van der Waals surface area contributed by atoms with Crippen LogP contribution in [0.2, 0.25) is 5.02 Å². The highest BCUT2D eigenvalue weighted by molar-refractivity contribution is 9.10. The van der Waals surface area contributed by atoms with E-state index in [0.29, 0.717) is 4.47 Å². The van der Waals surface area contributed by atoms with Gasteiger partial charge in [0.15, 0.2) is 0 Å². The van der Waals surface area contributed by atoms with E-state index in [9.17, 15) is 13.6 Å². The Morgan fingerprint density at radius 2 is 2.00 bits per heavy atom. The summed E-state index contributed by atoms with van der Waals surface area (Å²) in [7, 11) is 0. The van der Waals surface area contributed by atoms with Gasteiger partial charge in [0.2, 0.25) is 0 Å². The third-order valence-corrected chi connectivity index (χ3v) is 2.61. The van der Waals surface area contributed by atoms with Gasteiger partial charge < -0.3 is 4.74 Å².